The molecule has 1 heterocycles. The number of fused-ring (bicyclic) bond motifs is 1. The van der Waals surface area contributed by atoms with Crippen molar-refractivity contribution in [3.8, 4) is 0 Å². The summed E-state index contributed by atoms with van der Waals surface area (Å²) in [6.07, 6.45) is 7.34. The Labute approximate surface area is 88.5 Å². The van der Waals surface area contributed by atoms with Crippen LogP contribution in [0.25, 0.3) is 0 Å². The first-order chi connectivity index (χ1) is 6.77. The number of allylic oxidation sites excluding steroid dienone is 2. The lowest BCUT2D eigenvalue weighted by Crippen LogP contribution is -2.27. The minimum Gasteiger partial charge on any atom is -0.292 e. The van der Waals surface area contributed by atoms with Gasteiger partial charge in [0.25, 0.3) is 0 Å². The molecule has 1 aliphatic heterocycles. The second-order valence-electron chi connectivity index (χ2n) is 4.03. The van der Waals surface area contributed by atoms with Crippen LogP contribution in [0, 0.1) is 0 Å². The van der Waals surface area contributed by atoms with E-state index >= 15 is 0 Å². The molecule has 0 amide bonds. The highest BCUT2D eigenvalue weighted by Gasteiger charge is 2.23. The molecule has 0 saturated carbocycles. The lowest BCUT2D eigenvalue weighted by Gasteiger charge is -2.18. The summed E-state index contributed by atoms with van der Waals surface area (Å²) in [5.74, 6) is 0. The molecule has 0 N–H and O–H groups in total. The van der Waals surface area contributed by atoms with Crippen LogP contribution in [0.15, 0.2) is 23.3 Å². The largest absolute Gasteiger partial charge is 0.292 e. The van der Waals surface area contributed by atoms with E-state index in [0.717, 1.165) is 0 Å². The predicted octanol–water partition coefficient (Wildman–Crippen LogP) is 3.38. The molecule has 1 aliphatic carbocycles. The molecule has 80 valence electrons. The molecule has 2 aliphatic rings. The van der Waals surface area contributed by atoms with Crippen LogP contribution < -0.4 is 0 Å². The van der Waals surface area contributed by atoms with Crippen LogP contribution in [-0.4, -0.2) is 24.0 Å². The number of rotatable bonds is 1. The van der Waals surface area contributed by atoms with Crippen LogP contribution in [0.2, 0.25) is 0 Å². The molecule has 14 heavy (non-hydrogen) atoms. The van der Waals surface area contributed by atoms with Gasteiger partial charge < -0.3 is 0 Å². The molecular formula is C13H23N. The smallest absolute Gasteiger partial charge is 0.0239 e. The van der Waals surface area contributed by atoms with Gasteiger partial charge in [0, 0.05) is 19.1 Å². The fourth-order valence-electron chi connectivity index (χ4n) is 1.97. The molecule has 0 unspecified atom stereocenters. The molecule has 0 radical (unpaired) electrons. The van der Waals surface area contributed by atoms with Gasteiger partial charge in [0.15, 0.2) is 0 Å². The van der Waals surface area contributed by atoms with Crippen LogP contribution >= 0.6 is 0 Å². The van der Waals surface area contributed by atoms with E-state index in [2.05, 4.69) is 30.9 Å². The van der Waals surface area contributed by atoms with Gasteiger partial charge in [-0.15, -0.1) is 0 Å². The van der Waals surface area contributed by atoms with Gasteiger partial charge in [-0.3, -0.25) is 4.90 Å². The SMILES string of the molecule is CC.CC(C)N1CC2=CCCC=C2C1. The Kier molecular flexibility index (Phi) is 4.40. The Balaban J connectivity index is 0.000000461. The molecule has 0 atom stereocenters. The van der Waals surface area contributed by atoms with Crippen LogP contribution in [-0.2, 0) is 0 Å². The fourth-order valence-corrected chi connectivity index (χ4v) is 1.97. The summed E-state index contributed by atoms with van der Waals surface area (Å²) in [6, 6.07) is 0.692. The molecule has 0 spiro atoms. The number of hydrogen-bond acceptors (Lipinski definition) is 1. The lowest BCUT2D eigenvalue weighted by atomic mass is 10.0. The zero-order valence-electron chi connectivity index (χ0n) is 10.0. The molecule has 0 aromatic rings. The van der Waals surface area contributed by atoms with Crippen molar-refractivity contribution in [2.24, 2.45) is 0 Å². The van der Waals surface area contributed by atoms with Crippen molar-refractivity contribution < 1.29 is 0 Å². The first kappa shape index (κ1) is 11.5. The third-order valence-corrected chi connectivity index (χ3v) is 2.84. The second kappa shape index (κ2) is 5.35. The minimum absolute atomic E-state index is 0.692. The van der Waals surface area contributed by atoms with Gasteiger partial charge in [0.05, 0.1) is 0 Å². The summed E-state index contributed by atoms with van der Waals surface area (Å²) in [6.45, 7) is 10.9. The maximum atomic E-state index is 2.53. The van der Waals surface area contributed by atoms with E-state index in [-0.39, 0.29) is 0 Å². The highest BCUT2D eigenvalue weighted by atomic mass is 15.2. The van der Waals surface area contributed by atoms with Crippen molar-refractivity contribution in [1.82, 2.24) is 4.90 Å². The van der Waals surface area contributed by atoms with Crippen molar-refractivity contribution in [1.29, 1.82) is 0 Å². The first-order valence-corrected chi connectivity index (χ1v) is 5.90. The summed E-state index contributed by atoms with van der Waals surface area (Å²) in [5.41, 5.74) is 3.19. The molecular weight excluding hydrogens is 170 g/mol. The van der Waals surface area contributed by atoms with Gasteiger partial charge in [-0.1, -0.05) is 26.0 Å². The quantitative estimate of drug-likeness (QED) is 0.617. The molecule has 1 fully saturated rings. The zero-order chi connectivity index (χ0) is 10.6. The predicted molar refractivity (Wildman–Crippen MR) is 63.5 cm³/mol. The second-order valence-corrected chi connectivity index (χ2v) is 4.03. The molecule has 0 aromatic heterocycles. The Morgan fingerprint density at radius 3 is 1.79 bits per heavy atom. The van der Waals surface area contributed by atoms with E-state index in [4.69, 9.17) is 0 Å². The monoisotopic (exact) mass is 193 g/mol. The standard InChI is InChI=1S/C11H17N.C2H6/c1-9(2)12-7-10-5-3-4-6-11(10)8-12;1-2/h5-6,9H,3-4,7-8H2,1-2H3;1-2H3. The van der Waals surface area contributed by atoms with Crippen molar-refractivity contribution >= 4 is 0 Å². The van der Waals surface area contributed by atoms with Gasteiger partial charge in [0.2, 0.25) is 0 Å². The van der Waals surface area contributed by atoms with E-state index in [0.29, 0.717) is 6.04 Å². The van der Waals surface area contributed by atoms with E-state index in [1.807, 2.05) is 13.8 Å². The van der Waals surface area contributed by atoms with Crippen molar-refractivity contribution in [3.05, 3.63) is 23.3 Å². The Hall–Kier alpha value is -0.560. The summed E-state index contributed by atoms with van der Waals surface area (Å²) >= 11 is 0. The van der Waals surface area contributed by atoms with Gasteiger partial charge in [-0.05, 0) is 37.8 Å². The third-order valence-electron chi connectivity index (χ3n) is 2.84. The van der Waals surface area contributed by atoms with Crippen molar-refractivity contribution in [2.45, 2.75) is 46.6 Å². The van der Waals surface area contributed by atoms with E-state index in [1.54, 1.807) is 11.1 Å². The van der Waals surface area contributed by atoms with Gasteiger partial charge >= 0.3 is 0 Å². The summed E-state index contributed by atoms with van der Waals surface area (Å²) in [4.78, 5) is 2.53. The molecule has 2 rings (SSSR count). The average molecular weight is 193 g/mol. The Bertz CT molecular complexity index is 214. The summed E-state index contributed by atoms with van der Waals surface area (Å²) in [7, 11) is 0. The number of hydrogen-bond donors (Lipinski definition) is 0. The van der Waals surface area contributed by atoms with Gasteiger partial charge in [0.1, 0.15) is 0 Å². The number of likely N-dealkylation sites (tertiary alicyclic amines) is 1. The molecule has 1 nitrogen and oxygen atoms in total. The highest BCUT2D eigenvalue weighted by molar-refractivity contribution is 5.39. The Morgan fingerprint density at radius 2 is 1.43 bits per heavy atom. The van der Waals surface area contributed by atoms with Crippen molar-refractivity contribution in [3.63, 3.8) is 0 Å². The van der Waals surface area contributed by atoms with Crippen LogP contribution in [0.4, 0.5) is 0 Å². The number of nitrogens with zero attached hydrogens (tertiary/aromatic N) is 1. The normalized spacial score (nSPS) is 20.9. The highest BCUT2D eigenvalue weighted by Crippen LogP contribution is 2.27. The van der Waals surface area contributed by atoms with E-state index in [9.17, 15) is 0 Å². The fraction of sp³-hybridized carbons (Fsp3) is 0.692. The Morgan fingerprint density at radius 1 is 1.00 bits per heavy atom. The summed E-state index contributed by atoms with van der Waals surface area (Å²) < 4.78 is 0. The third kappa shape index (κ3) is 2.48. The average Bonchev–Trinajstić information content (AvgIpc) is 2.64. The molecule has 0 bridgehead atoms. The van der Waals surface area contributed by atoms with Crippen LogP contribution in [0.5, 0.6) is 0 Å². The van der Waals surface area contributed by atoms with E-state index in [1.165, 1.54) is 25.9 Å². The molecule has 0 aromatic carbocycles. The van der Waals surface area contributed by atoms with Crippen molar-refractivity contribution in [2.75, 3.05) is 13.1 Å². The maximum Gasteiger partial charge on any atom is 0.0239 e. The minimum atomic E-state index is 0.692. The lowest BCUT2D eigenvalue weighted by molar-refractivity contribution is 0.289. The maximum absolute atomic E-state index is 2.53. The molecule has 1 heteroatoms. The van der Waals surface area contributed by atoms with E-state index < -0.39 is 0 Å². The zero-order valence-corrected chi connectivity index (χ0v) is 10.0. The van der Waals surface area contributed by atoms with Gasteiger partial charge in [-0.25, -0.2) is 0 Å². The van der Waals surface area contributed by atoms with Gasteiger partial charge in [-0.2, -0.15) is 0 Å². The topological polar surface area (TPSA) is 3.24 Å². The first-order valence-electron chi connectivity index (χ1n) is 5.90. The summed E-state index contributed by atoms with van der Waals surface area (Å²) in [5, 5.41) is 0. The molecule has 1 saturated heterocycles. The van der Waals surface area contributed by atoms with Crippen LogP contribution in [0.3, 0.4) is 0 Å². The van der Waals surface area contributed by atoms with Crippen LogP contribution in [0.1, 0.15) is 40.5 Å².